The normalized spacial score (nSPS) is 12.0. The number of carbonyl (C=O) groups excluding carboxylic acids is 1. The summed E-state index contributed by atoms with van der Waals surface area (Å²) in [4.78, 5) is 16.3. The first-order valence-corrected chi connectivity index (χ1v) is 7.75. The van der Waals surface area contributed by atoms with E-state index in [-0.39, 0.29) is 12.2 Å². The maximum absolute atomic E-state index is 13.7. The number of fused-ring (bicyclic) bond motifs is 1. The van der Waals surface area contributed by atoms with Crippen molar-refractivity contribution in [3.63, 3.8) is 0 Å². The molecule has 0 aliphatic carbocycles. The molecule has 1 aromatic heterocycles. The molecule has 1 N–H and O–H groups in total. The van der Waals surface area contributed by atoms with Crippen LogP contribution >= 0.6 is 0 Å². The van der Waals surface area contributed by atoms with Crippen LogP contribution in [0.5, 0.6) is 5.75 Å². The van der Waals surface area contributed by atoms with Gasteiger partial charge in [0.15, 0.2) is 6.61 Å². The zero-order valence-corrected chi connectivity index (χ0v) is 13.5. The minimum atomic E-state index is -0.702. The van der Waals surface area contributed by atoms with E-state index in [1.165, 1.54) is 6.07 Å². The number of benzene rings is 2. The molecule has 1 unspecified atom stereocenters. The molecule has 3 aromatic rings. The van der Waals surface area contributed by atoms with Crippen molar-refractivity contribution in [2.75, 3.05) is 6.61 Å². The molecule has 1 amide bonds. The van der Waals surface area contributed by atoms with Gasteiger partial charge >= 0.3 is 0 Å². The van der Waals surface area contributed by atoms with Crippen molar-refractivity contribution < 1.29 is 18.3 Å². The fraction of sp³-hybridized carbons (Fsp3) is 0.158. The van der Waals surface area contributed by atoms with E-state index < -0.39 is 23.6 Å². The topological polar surface area (TPSA) is 51.2 Å². The van der Waals surface area contributed by atoms with Gasteiger partial charge in [-0.25, -0.2) is 8.78 Å². The van der Waals surface area contributed by atoms with Gasteiger partial charge in [0.1, 0.15) is 22.9 Å². The van der Waals surface area contributed by atoms with E-state index in [9.17, 15) is 13.6 Å². The summed E-state index contributed by atoms with van der Waals surface area (Å²) in [6, 6.07) is 11.8. The molecule has 6 heteroatoms. The molecule has 0 bridgehead atoms. The summed E-state index contributed by atoms with van der Waals surface area (Å²) in [5.41, 5.74) is 0.872. The lowest BCUT2D eigenvalue weighted by Crippen LogP contribution is -2.31. The van der Waals surface area contributed by atoms with E-state index in [1.54, 1.807) is 19.2 Å². The Balaban J connectivity index is 1.64. The fourth-order valence-corrected chi connectivity index (χ4v) is 2.55. The lowest BCUT2D eigenvalue weighted by molar-refractivity contribution is -0.123. The summed E-state index contributed by atoms with van der Waals surface area (Å²) in [5, 5.41) is 3.53. The highest BCUT2D eigenvalue weighted by molar-refractivity contribution is 5.85. The van der Waals surface area contributed by atoms with E-state index >= 15 is 0 Å². The first kappa shape index (κ1) is 16.8. The van der Waals surface area contributed by atoms with E-state index in [0.717, 1.165) is 17.5 Å². The third-order valence-corrected chi connectivity index (χ3v) is 3.76. The molecule has 0 spiro atoms. The number of para-hydroxylation sites is 1. The molecule has 3 rings (SSSR count). The Labute approximate surface area is 143 Å². The number of rotatable bonds is 5. The number of nitrogens with zero attached hydrogens (tertiary/aromatic N) is 1. The highest BCUT2D eigenvalue weighted by Gasteiger charge is 2.15. The van der Waals surface area contributed by atoms with Crippen LogP contribution in [0.3, 0.4) is 0 Å². The maximum Gasteiger partial charge on any atom is 0.258 e. The second kappa shape index (κ2) is 7.25. The smallest absolute Gasteiger partial charge is 0.258 e. The lowest BCUT2D eigenvalue weighted by atomic mass is 10.1. The molecule has 0 saturated carbocycles. The van der Waals surface area contributed by atoms with Crippen molar-refractivity contribution in [1.82, 2.24) is 10.3 Å². The van der Waals surface area contributed by atoms with Gasteiger partial charge in [-0.1, -0.05) is 24.3 Å². The zero-order valence-electron chi connectivity index (χ0n) is 13.5. The van der Waals surface area contributed by atoms with E-state index in [2.05, 4.69) is 10.3 Å². The zero-order chi connectivity index (χ0) is 17.8. The first-order chi connectivity index (χ1) is 12.0. The first-order valence-electron chi connectivity index (χ1n) is 7.75. The van der Waals surface area contributed by atoms with E-state index in [1.807, 2.05) is 24.3 Å². The second-order valence-corrected chi connectivity index (χ2v) is 5.57. The molecule has 0 saturated heterocycles. The number of ether oxygens (including phenoxy) is 1. The molecule has 0 aliphatic rings. The molecule has 4 nitrogen and oxygen atoms in total. The lowest BCUT2D eigenvalue weighted by Gasteiger charge is -2.15. The van der Waals surface area contributed by atoms with E-state index in [0.29, 0.717) is 11.3 Å². The highest BCUT2D eigenvalue weighted by atomic mass is 19.1. The molecule has 128 valence electrons. The summed E-state index contributed by atoms with van der Waals surface area (Å²) in [7, 11) is 0. The van der Waals surface area contributed by atoms with E-state index in [4.69, 9.17) is 4.74 Å². The van der Waals surface area contributed by atoms with Gasteiger partial charge in [0.2, 0.25) is 0 Å². The second-order valence-electron chi connectivity index (χ2n) is 5.57. The molecule has 2 aromatic carbocycles. The Morgan fingerprint density at radius 1 is 1.20 bits per heavy atom. The van der Waals surface area contributed by atoms with Gasteiger partial charge in [-0.3, -0.25) is 9.78 Å². The number of carbonyl (C=O) groups is 1. The Hall–Kier alpha value is -3.02. The van der Waals surface area contributed by atoms with Crippen LogP contribution in [-0.4, -0.2) is 17.5 Å². The van der Waals surface area contributed by atoms with Crippen LogP contribution in [0.2, 0.25) is 0 Å². The summed E-state index contributed by atoms with van der Waals surface area (Å²) in [5.74, 6) is -1.28. The van der Waals surface area contributed by atoms with Crippen molar-refractivity contribution in [2.45, 2.75) is 13.0 Å². The highest BCUT2D eigenvalue weighted by Crippen LogP contribution is 2.23. The average Bonchev–Trinajstić information content (AvgIpc) is 2.59. The monoisotopic (exact) mass is 342 g/mol. The van der Waals surface area contributed by atoms with Crippen molar-refractivity contribution in [1.29, 1.82) is 0 Å². The third-order valence-electron chi connectivity index (χ3n) is 3.76. The van der Waals surface area contributed by atoms with Gasteiger partial charge in [-0.05, 0) is 25.1 Å². The molecule has 1 atom stereocenters. The summed E-state index contributed by atoms with van der Waals surface area (Å²) >= 11 is 0. The number of halogens is 2. The minimum Gasteiger partial charge on any atom is -0.481 e. The summed E-state index contributed by atoms with van der Waals surface area (Å²) in [6.45, 7) is 1.39. The minimum absolute atomic E-state index is 0.210. The Bertz CT molecular complexity index is 910. The average molecular weight is 342 g/mol. The largest absolute Gasteiger partial charge is 0.481 e. The fourth-order valence-electron chi connectivity index (χ4n) is 2.55. The molecule has 0 fully saturated rings. The number of aromatic nitrogens is 1. The van der Waals surface area contributed by atoms with Crippen molar-refractivity contribution in [3.8, 4) is 5.75 Å². The predicted octanol–water partition coefficient (Wildman–Crippen LogP) is 3.77. The van der Waals surface area contributed by atoms with Crippen LogP contribution in [-0.2, 0) is 4.79 Å². The van der Waals surface area contributed by atoms with Gasteiger partial charge in [-0.15, -0.1) is 0 Å². The maximum atomic E-state index is 13.7. The van der Waals surface area contributed by atoms with Crippen LogP contribution in [0.1, 0.15) is 18.5 Å². The van der Waals surface area contributed by atoms with Crippen LogP contribution in [0.25, 0.3) is 10.9 Å². The molecule has 25 heavy (non-hydrogen) atoms. The van der Waals surface area contributed by atoms with Gasteiger partial charge in [0.05, 0.1) is 6.04 Å². The van der Waals surface area contributed by atoms with Gasteiger partial charge in [0, 0.05) is 23.2 Å². The van der Waals surface area contributed by atoms with Crippen molar-refractivity contribution in [2.24, 2.45) is 0 Å². The standard InChI is InChI=1S/C19H16F2N2O2/c1-12(15-8-7-14(20)10-16(15)21)23-18(24)11-25-17-6-2-4-13-5-3-9-22-19(13)17/h2-10,12H,11H2,1H3,(H,23,24). The molecule has 0 aliphatic heterocycles. The number of pyridine rings is 1. The number of amides is 1. The SMILES string of the molecule is CC(NC(=O)COc1cccc2cccnc12)c1ccc(F)cc1F. The van der Waals surface area contributed by atoms with Crippen LogP contribution in [0.4, 0.5) is 8.78 Å². The van der Waals surface area contributed by atoms with Gasteiger partial charge in [-0.2, -0.15) is 0 Å². The quantitative estimate of drug-likeness (QED) is 0.768. The van der Waals surface area contributed by atoms with Gasteiger partial charge in [0.25, 0.3) is 5.91 Å². The Morgan fingerprint density at radius 3 is 2.80 bits per heavy atom. The van der Waals surface area contributed by atoms with Crippen molar-refractivity contribution in [3.05, 3.63) is 71.9 Å². The molecule has 1 heterocycles. The molecular formula is C19H16F2N2O2. The van der Waals surface area contributed by atoms with Crippen molar-refractivity contribution >= 4 is 16.8 Å². The van der Waals surface area contributed by atoms with Crippen LogP contribution in [0.15, 0.2) is 54.7 Å². The molecular weight excluding hydrogens is 326 g/mol. The summed E-state index contributed by atoms with van der Waals surface area (Å²) in [6.07, 6.45) is 1.65. The Kier molecular flexibility index (Phi) is 4.88. The van der Waals surface area contributed by atoms with Gasteiger partial charge < -0.3 is 10.1 Å². The van der Waals surface area contributed by atoms with Crippen LogP contribution < -0.4 is 10.1 Å². The molecule has 0 radical (unpaired) electrons. The Morgan fingerprint density at radius 2 is 2.00 bits per heavy atom. The summed E-state index contributed by atoms with van der Waals surface area (Å²) < 4.78 is 32.2. The third kappa shape index (κ3) is 3.91. The van der Waals surface area contributed by atoms with Crippen LogP contribution in [0, 0.1) is 11.6 Å². The predicted molar refractivity (Wildman–Crippen MR) is 90.2 cm³/mol. The number of hydrogen-bond acceptors (Lipinski definition) is 3. The number of hydrogen-bond donors (Lipinski definition) is 1. The number of nitrogens with one attached hydrogen (secondary N) is 1.